The van der Waals surface area contributed by atoms with E-state index in [-0.39, 0.29) is 11.5 Å². The van der Waals surface area contributed by atoms with Crippen molar-refractivity contribution in [3.8, 4) is 0 Å². The fraction of sp³-hybridized carbons (Fsp3) is 0.211. The van der Waals surface area contributed by atoms with Crippen molar-refractivity contribution in [1.29, 1.82) is 0 Å². The highest BCUT2D eigenvalue weighted by Crippen LogP contribution is 2.36. The monoisotopic (exact) mass is 424 g/mol. The number of cyclic esters (lactones) is 1. The Kier molecular flexibility index (Phi) is 7.11. The van der Waals surface area contributed by atoms with E-state index < -0.39 is 11.8 Å². The second-order valence-corrected chi connectivity index (χ2v) is 7.18. The quantitative estimate of drug-likeness (QED) is 0.260. The highest BCUT2D eigenvalue weighted by atomic mass is 32.2. The van der Waals surface area contributed by atoms with Gasteiger partial charge in [0.2, 0.25) is 0 Å². The molecule has 0 saturated heterocycles. The number of esters is 1. The molecule has 0 amide bonds. The Labute approximate surface area is 170 Å². The van der Waals surface area contributed by atoms with Crippen molar-refractivity contribution in [2.45, 2.75) is 16.7 Å². The van der Waals surface area contributed by atoms with Crippen LogP contribution in [-0.4, -0.2) is 26.8 Å². The van der Waals surface area contributed by atoms with Gasteiger partial charge in [-0.1, -0.05) is 12.1 Å². The Balaban J connectivity index is 1.96. The third kappa shape index (κ3) is 4.57. The van der Waals surface area contributed by atoms with E-state index in [9.17, 15) is 9.18 Å². The molecule has 0 radical (unpaired) electrons. The van der Waals surface area contributed by atoms with E-state index in [1.54, 1.807) is 18.2 Å². The van der Waals surface area contributed by atoms with Crippen LogP contribution < -0.4 is 0 Å². The summed E-state index contributed by atoms with van der Waals surface area (Å²) in [5.41, 5.74) is 3.21. The Bertz CT molecular complexity index is 915. The van der Waals surface area contributed by atoms with Crippen molar-refractivity contribution in [2.24, 2.45) is 0 Å². The predicted molar refractivity (Wildman–Crippen MR) is 103 cm³/mol. The van der Waals surface area contributed by atoms with Gasteiger partial charge in [0, 0.05) is 10.5 Å². The fourth-order valence-corrected chi connectivity index (χ4v) is 3.58. The molecule has 6 nitrogen and oxygen atoms in total. The van der Waals surface area contributed by atoms with Crippen molar-refractivity contribution in [3.05, 3.63) is 58.9 Å². The van der Waals surface area contributed by atoms with E-state index in [4.69, 9.17) is 13.4 Å². The lowest BCUT2D eigenvalue weighted by atomic mass is 9.95. The van der Waals surface area contributed by atoms with E-state index in [1.165, 1.54) is 20.3 Å². The van der Waals surface area contributed by atoms with Crippen LogP contribution in [0.5, 0.6) is 0 Å². The highest BCUT2D eigenvalue weighted by molar-refractivity contribution is 7.94. The van der Waals surface area contributed by atoms with Gasteiger partial charge < -0.3 is 4.74 Å². The van der Waals surface area contributed by atoms with Crippen molar-refractivity contribution in [3.63, 3.8) is 0 Å². The first-order chi connectivity index (χ1) is 13.5. The molecule has 1 heterocycles. The van der Waals surface area contributed by atoms with Crippen LogP contribution >= 0.6 is 24.1 Å². The summed E-state index contributed by atoms with van der Waals surface area (Å²) in [6.45, 7) is 1.98. The molecule has 0 spiro atoms. The third-order valence-electron chi connectivity index (χ3n) is 3.98. The number of carbonyl (C=O) groups excluding carboxylic acids is 1. The lowest BCUT2D eigenvalue weighted by Gasteiger charge is -2.09. The molecule has 1 aliphatic rings. The van der Waals surface area contributed by atoms with Crippen LogP contribution in [0.25, 0.3) is 11.1 Å². The lowest BCUT2D eigenvalue weighted by Crippen LogP contribution is -1.99. The minimum absolute atomic E-state index is 0.0804. The zero-order valence-electron chi connectivity index (χ0n) is 15.3. The first kappa shape index (κ1) is 20.8. The molecule has 3 rings (SSSR count). The number of hydrogen-bond acceptors (Lipinski definition) is 8. The molecule has 0 fully saturated rings. The molecular weight excluding hydrogens is 407 g/mol. The maximum atomic E-state index is 14.4. The topological polar surface area (TPSA) is 63.2 Å². The standard InChI is InChI=1S/C19H17FO6S2/c1-11-8-13(5-6-16(11)27-25-22-2)18-14(10-24-19(18)21)12-4-7-17(15(20)9-12)28-26-23-3/h4-9H,10H2,1-3H3. The minimum atomic E-state index is -0.481. The summed E-state index contributed by atoms with van der Waals surface area (Å²) >= 11 is 1.85. The normalized spacial score (nSPS) is 13.9. The predicted octanol–water partition coefficient (Wildman–Crippen LogP) is 4.77. The van der Waals surface area contributed by atoms with Crippen LogP contribution in [0.4, 0.5) is 4.39 Å². The molecule has 28 heavy (non-hydrogen) atoms. The number of aryl methyl sites for hydroxylation is 1. The third-order valence-corrected chi connectivity index (χ3v) is 5.54. The van der Waals surface area contributed by atoms with Crippen molar-refractivity contribution in [2.75, 3.05) is 20.8 Å². The van der Waals surface area contributed by atoms with Crippen LogP contribution in [0.1, 0.15) is 16.7 Å². The molecule has 2 aromatic rings. The molecule has 0 N–H and O–H groups in total. The summed E-state index contributed by atoms with van der Waals surface area (Å²) in [4.78, 5) is 22.5. The second kappa shape index (κ2) is 9.55. The number of benzene rings is 2. The zero-order valence-corrected chi connectivity index (χ0v) is 16.9. The van der Waals surface area contributed by atoms with Gasteiger partial charge in [-0.25, -0.2) is 19.0 Å². The van der Waals surface area contributed by atoms with Crippen LogP contribution in [0, 0.1) is 12.7 Å². The van der Waals surface area contributed by atoms with Crippen molar-refractivity contribution < 1.29 is 32.4 Å². The highest BCUT2D eigenvalue weighted by Gasteiger charge is 2.28. The minimum Gasteiger partial charge on any atom is -0.457 e. The van der Waals surface area contributed by atoms with Gasteiger partial charge in [-0.3, -0.25) is 0 Å². The first-order valence-corrected chi connectivity index (χ1v) is 9.59. The summed E-state index contributed by atoms with van der Waals surface area (Å²) in [7, 11) is 2.76. The first-order valence-electron chi connectivity index (χ1n) is 8.11. The van der Waals surface area contributed by atoms with Gasteiger partial charge in [-0.15, -0.1) is 0 Å². The summed E-state index contributed by atoms with van der Waals surface area (Å²) < 4.78 is 29.1. The van der Waals surface area contributed by atoms with Gasteiger partial charge in [0.25, 0.3) is 0 Å². The molecule has 0 aromatic heterocycles. The van der Waals surface area contributed by atoms with Gasteiger partial charge in [0.15, 0.2) is 0 Å². The Morgan fingerprint density at radius 1 is 0.964 bits per heavy atom. The van der Waals surface area contributed by atoms with E-state index in [0.717, 1.165) is 34.5 Å². The van der Waals surface area contributed by atoms with Crippen LogP contribution in [0.2, 0.25) is 0 Å². The largest absolute Gasteiger partial charge is 0.457 e. The Morgan fingerprint density at radius 3 is 2.25 bits per heavy atom. The molecule has 9 heteroatoms. The number of ether oxygens (including phenoxy) is 1. The number of halogens is 1. The molecule has 0 aliphatic carbocycles. The van der Waals surface area contributed by atoms with Crippen molar-refractivity contribution >= 4 is 41.2 Å². The molecule has 0 atom stereocenters. The number of rotatable bonds is 8. The Morgan fingerprint density at radius 2 is 1.61 bits per heavy atom. The zero-order chi connectivity index (χ0) is 20.1. The fourth-order valence-electron chi connectivity index (χ4n) is 2.72. The lowest BCUT2D eigenvalue weighted by molar-refractivity contribution is -0.160. The molecule has 0 bridgehead atoms. The summed E-state index contributed by atoms with van der Waals surface area (Å²) in [6.07, 6.45) is 0. The number of hydrogen-bond donors (Lipinski definition) is 0. The molecule has 0 unspecified atom stereocenters. The van der Waals surface area contributed by atoms with Gasteiger partial charge in [-0.05, 0) is 47.9 Å². The maximum absolute atomic E-state index is 14.4. The average Bonchev–Trinajstić information content (AvgIpc) is 3.07. The van der Waals surface area contributed by atoms with Crippen LogP contribution in [0.15, 0.2) is 46.2 Å². The SMILES string of the molecule is COOSc1ccc(C2=C(c3ccc(SOOC)c(F)c3)COC2=O)cc1C. The van der Waals surface area contributed by atoms with Gasteiger partial charge in [-0.2, -0.15) is 8.67 Å². The van der Waals surface area contributed by atoms with E-state index >= 15 is 0 Å². The van der Waals surface area contributed by atoms with Crippen LogP contribution in [0.3, 0.4) is 0 Å². The van der Waals surface area contributed by atoms with Crippen LogP contribution in [-0.2, 0) is 28.0 Å². The maximum Gasteiger partial charge on any atom is 0.339 e. The molecule has 0 saturated carbocycles. The molecule has 2 aromatic carbocycles. The van der Waals surface area contributed by atoms with Gasteiger partial charge in [0.1, 0.15) is 12.4 Å². The molecular formula is C19H17FO6S2. The summed E-state index contributed by atoms with van der Waals surface area (Å²) in [6, 6.07) is 10.1. The molecule has 1 aliphatic heterocycles. The number of carbonyl (C=O) groups is 1. The smallest absolute Gasteiger partial charge is 0.339 e. The average molecular weight is 424 g/mol. The van der Waals surface area contributed by atoms with Crippen molar-refractivity contribution in [1.82, 2.24) is 0 Å². The second-order valence-electron chi connectivity index (χ2n) is 5.69. The molecule has 148 valence electrons. The van der Waals surface area contributed by atoms with Gasteiger partial charge in [0.05, 0.1) is 48.8 Å². The summed E-state index contributed by atoms with van der Waals surface area (Å²) in [5.74, 6) is -0.921. The summed E-state index contributed by atoms with van der Waals surface area (Å²) in [5, 5.41) is 0. The van der Waals surface area contributed by atoms with E-state index in [2.05, 4.69) is 9.78 Å². The van der Waals surface area contributed by atoms with E-state index in [0.29, 0.717) is 22.3 Å². The van der Waals surface area contributed by atoms with Gasteiger partial charge >= 0.3 is 5.97 Å². The van der Waals surface area contributed by atoms with E-state index in [1.807, 2.05) is 19.1 Å². The Hall–Kier alpha value is -1.88.